The zero-order valence-electron chi connectivity index (χ0n) is 14.3. The van der Waals surface area contributed by atoms with E-state index in [0.29, 0.717) is 16.7 Å². The van der Waals surface area contributed by atoms with Crippen molar-refractivity contribution in [1.29, 1.82) is 0 Å². The minimum atomic E-state index is -0.712. The van der Waals surface area contributed by atoms with Gasteiger partial charge in [-0.2, -0.15) is 0 Å². The lowest BCUT2D eigenvalue weighted by Gasteiger charge is -2.07. The Morgan fingerprint density at radius 2 is 1.78 bits per heavy atom. The number of carbonyl (C=O) groups excluding carboxylic acids is 1. The van der Waals surface area contributed by atoms with Gasteiger partial charge in [0.1, 0.15) is 17.2 Å². The van der Waals surface area contributed by atoms with Crippen LogP contribution >= 0.6 is 0 Å². The highest BCUT2D eigenvalue weighted by atomic mass is 19.1. The molecule has 4 nitrogen and oxygen atoms in total. The van der Waals surface area contributed by atoms with Crippen molar-refractivity contribution in [2.24, 2.45) is 0 Å². The SMILES string of the molecule is Cc1ccc(-c2onc3ccc(C(=O)Nc4cc(F)ccc4F)cc23)cc1. The molecule has 0 saturated heterocycles. The lowest BCUT2D eigenvalue weighted by molar-refractivity contribution is 0.102. The number of hydrogen-bond acceptors (Lipinski definition) is 3. The molecule has 134 valence electrons. The minimum absolute atomic E-state index is 0.218. The largest absolute Gasteiger partial charge is 0.355 e. The van der Waals surface area contributed by atoms with E-state index in [1.165, 1.54) is 0 Å². The summed E-state index contributed by atoms with van der Waals surface area (Å²) in [6.45, 7) is 1.98. The van der Waals surface area contributed by atoms with E-state index in [1.807, 2.05) is 31.2 Å². The van der Waals surface area contributed by atoms with Gasteiger partial charge in [0, 0.05) is 17.2 Å². The van der Waals surface area contributed by atoms with Gasteiger partial charge in [0.05, 0.1) is 11.1 Å². The molecule has 0 radical (unpaired) electrons. The second kappa shape index (κ2) is 6.64. The van der Waals surface area contributed by atoms with Crippen LogP contribution in [0.1, 0.15) is 15.9 Å². The van der Waals surface area contributed by atoms with Gasteiger partial charge in [-0.3, -0.25) is 4.79 Å². The summed E-state index contributed by atoms with van der Waals surface area (Å²) in [4.78, 5) is 12.5. The molecule has 0 aliphatic rings. The first-order valence-electron chi connectivity index (χ1n) is 8.24. The van der Waals surface area contributed by atoms with Crippen LogP contribution in [0.5, 0.6) is 0 Å². The van der Waals surface area contributed by atoms with Gasteiger partial charge >= 0.3 is 0 Å². The Morgan fingerprint density at radius 3 is 2.56 bits per heavy atom. The van der Waals surface area contributed by atoms with Gasteiger partial charge in [0.25, 0.3) is 5.91 Å². The molecule has 1 heterocycles. The third-order valence-corrected chi connectivity index (χ3v) is 4.23. The molecule has 4 rings (SSSR count). The maximum absolute atomic E-state index is 13.8. The quantitative estimate of drug-likeness (QED) is 0.534. The van der Waals surface area contributed by atoms with E-state index >= 15 is 0 Å². The molecule has 6 heteroatoms. The molecule has 0 bridgehead atoms. The number of nitrogens with one attached hydrogen (secondary N) is 1. The fourth-order valence-corrected chi connectivity index (χ4v) is 2.78. The predicted octanol–water partition coefficient (Wildman–Crippen LogP) is 5.33. The van der Waals surface area contributed by atoms with Crippen LogP contribution in [-0.4, -0.2) is 11.1 Å². The molecule has 0 fully saturated rings. The highest BCUT2D eigenvalue weighted by Crippen LogP contribution is 2.30. The van der Waals surface area contributed by atoms with Gasteiger partial charge in [-0.1, -0.05) is 35.0 Å². The molecular weight excluding hydrogens is 350 g/mol. The summed E-state index contributed by atoms with van der Waals surface area (Å²) >= 11 is 0. The highest BCUT2D eigenvalue weighted by Gasteiger charge is 2.15. The average molecular weight is 364 g/mol. The summed E-state index contributed by atoms with van der Waals surface area (Å²) in [5.74, 6) is -1.37. The molecule has 4 aromatic rings. The van der Waals surface area contributed by atoms with Crippen molar-refractivity contribution in [3.05, 3.63) is 83.4 Å². The van der Waals surface area contributed by atoms with Crippen LogP contribution in [0.2, 0.25) is 0 Å². The topological polar surface area (TPSA) is 55.1 Å². The molecule has 0 atom stereocenters. The fraction of sp³-hybridized carbons (Fsp3) is 0.0476. The van der Waals surface area contributed by atoms with Crippen molar-refractivity contribution in [2.75, 3.05) is 5.32 Å². The lowest BCUT2D eigenvalue weighted by atomic mass is 10.0. The lowest BCUT2D eigenvalue weighted by Crippen LogP contribution is -2.13. The summed E-state index contributed by atoms with van der Waals surface area (Å²) in [6.07, 6.45) is 0. The van der Waals surface area contributed by atoms with Crippen molar-refractivity contribution >= 4 is 22.5 Å². The number of fused-ring (bicyclic) bond motifs is 1. The number of carbonyl (C=O) groups is 1. The van der Waals surface area contributed by atoms with Crippen LogP contribution in [0.25, 0.3) is 22.2 Å². The summed E-state index contributed by atoms with van der Waals surface area (Å²) in [7, 11) is 0. The molecule has 1 N–H and O–H groups in total. The molecule has 3 aromatic carbocycles. The van der Waals surface area contributed by atoms with E-state index in [1.54, 1.807) is 18.2 Å². The standard InChI is InChI=1S/C21H14F2N2O2/c1-12-2-4-13(5-3-12)20-16-10-14(6-9-18(16)25-27-20)21(26)24-19-11-15(22)7-8-17(19)23/h2-11H,1H3,(H,24,26). The molecule has 0 saturated carbocycles. The van der Waals surface area contributed by atoms with E-state index < -0.39 is 17.5 Å². The van der Waals surface area contributed by atoms with Crippen molar-refractivity contribution < 1.29 is 18.1 Å². The normalized spacial score (nSPS) is 10.9. The van der Waals surface area contributed by atoms with Crippen LogP contribution in [0.15, 0.2) is 65.2 Å². The third kappa shape index (κ3) is 3.29. The van der Waals surface area contributed by atoms with Crippen molar-refractivity contribution in [3.63, 3.8) is 0 Å². The van der Waals surface area contributed by atoms with Gasteiger partial charge in [0.15, 0.2) is 5.76 Å². The Hall–Kier alpha value is -3.54. The first-order valence-corrected chi connectivity index (χ1v) is 8.24. The van der Waals surface area contributed by atoms with E-state index in [0.717, 1.165) is 29.3 Å². The summed E-state index contributed by atoms with van der Waals surface area (Å²) in [5, 5.41) is 7.06. The molecule has 0 aliphatic heterocycles. The summed E-state index contributed by atoms with van der Waals surface area (Å²) in [5.41, 5.74) is 2.60. The number of aryl methyl sites for hydroxylation is 1. The number of nitrogens with zero attached hydrogens (tertiary/aromatic N) is 1. The molecule has 1 amide bonds. The zero-order valence-corrected chi connectivity index (χ0v) is 14.3. The molecule has 0 aliphatic carbocycles. The average Bonchev–Trinajstić information content (AvgIpc) is 3.08. The number of halogens is 2. The van der Waals surface area contributed by atoms with Gasteiger partial charge in [-0.15, -0.1) is 0 Å². The van der Waals surface area contributed by atoms with Crippen LogP contribution < -0.4 is 5.32 Å². The first kappa shape index (κ1) is 16.9. The van der Waals surface area contributed by atoms with Gasteiger partial charge in [-0.05, 0) is 37.3 Å². The van der Waals surface area contributed by atoms with Crippen LogP contribution in [0, 0.1) is 18.6 Å². The van der Waals surface area contributed by atoms with Crippen LogP contribution in [0.3, 0.4) is 0 Å². The molecule has 0 unspecified atom stereocenters. The maximum atomic E-state index is 13.8. The van der Waals surface area contributed by atoms with E-state index in [9.17, 15) is 13.6 Å². The molecule has 0 spiro atoms. The predicted molar refractivity (Wildman–Crippen MR) is 98.5 cm³/mol. The summed E-state index contributed by atoms with van der Waals surface area (Å²) < 4.78 is 32.5. The van der Waals surface area contributed by atoms with E-state index in [-0.39, 0.29) is 11.3 Å². The van der Waals surface area contributed by atoms with Crippen molar-refractivity contribution in [3.8, 4) is 11.3 Å². The van der Waals surface area contributed by atoms with Crippen LogP contribution in [0.4, 0.5) is 14.5 Å². The van der Waals surface area contributed by atoms with E-state index in [4.69, 9.17) is 4.52 Å². The second-order valence-electron chi connectivity index (χ2n) is 6.19. The molecular formula is C21H14F2N2O2. The monoisotopic (exact) mass is 364 g/mol. The first-order chi connectivity index (χ1) is 13.0. The highest BCUT2D eigenvalue weighted by molar-refractivity contribution is 6.07. The van der Waals surface area contributed by atoms with Crippen LogP contribution in [-0.2, 0) is 0 Å². The Balaban J connectivity index is 1.70. The Bertz CT molecular complexity index is 1150. The van der Waals surface area contributed by atoms with Gasteiger partial charge in [0.2, 0.25) is 0 Å². The number of benzene rings is 3. The maximum Gasteiger partial charge on any atom is 0.255 e. The fourth-order valence-electron chi connectivity index (χ4n) is 2.78. The second-order valence-corrected chi connectivity index (χ2v) is 6.19. The Kier molecular flexibility index (Phi) is 4.16. The zero-order chi connectivity index (χ0) is 19.0. The molecule has 1 aromatic heterocycles. The number of rotatable bonds is 3. The van der Waals surface area contributed by atoms with Crippen molar-refractivity contribution in [1.82, 2.24) is 5.16 Å². The number of hydrogen-bond donors (Lipinski definition) is 1. The smallest absolute Gasteiger partial charge is 0.255 e. The summed E-state index contributed by atoms with van der Waals surface area (Å²) in [6, 6.07) is 15.4. The van der Waals surface area contributed by atoms with Crippen molar-refractivity contribution in [2.45, 2.75) is 6.92 Å². The number of aromatic nitrogens is 1. The Morgan fingerprint density at radius 1 is 1.00 bits per heavy atom. The third-order valence-electron chi connectivity index (χ3n) is 4.23. The number of anilines is 1. The number of amides is 1. The molecule has 27 heavy (non-hydrogen) atoms. The minimum Gasteiger partial charge on any atom is -0.355 e. The van der Waals surface area contributed by atoms with Gasteiger partial charge in [-0.25, -0.2) is 8.78 Å². The Labute approximate surface area is 153 Å². The van der Waals surface area contributed by atoms with Gasteiger partial charge < -0.3 is 9.84 Å². The van der Waals surface area contributed by atoms with E-state index in [2.05, 4.69) is 10.5 Å².